The van der Waals surface area contributed by atoms with Crippen LogP contribution in [0, 0.1) is 0 Å². The van der Waals surface area contributed by atoms with E-state index < -0.39 is 30.3 Å². The summed E-state index contributed by atoms with van der Waals surface area (Å²) in [6, 6.07) is 8.76. The van der Waals surface area contributed by atoms with Gasteiger partial charge >= 0.3 is 6.18 Å². The monoisotopic (exact) mass is 490 g/mol. The number of ether oxygens (including phenoxy) is 2. The number of aliphatic hydroxyl groups is 1. The van der Waals surface area contributed by atoms with Crippen LogP contribution in [0.25, 0.3) is 0 Å². The highest BCUT2D eigenvalue weighted by atomic mass is 19.4. The van der Waals surface area contributed by atoms with Crippen LogP contribution in [0.1, 0.15) is 53.0 Å². The second-order valence-corrected chi connectivity index (χ2v) is 8.21. The number of anilines is 2. The lowest BCUT2D eigenvalue weighted by molar-refractivity contribution is -0.173. The van der Waals surface area contributed by atoms with Gasteiger partial charge in [-0.3, -0.25) is 4.79 Å². The molecule has 0 fully saturated rings. The van der Waals surface area contributed by atoms with Crippen molar-refractivity contribution >= 4 is 17.4 Å². The highest BCUT2D eigenvalue weighted by molar-refractivity contribution is 6.07. The van der Waals surface area contributed by atoms with E-state index in [2.05, 4.69) is 15.7 Å². The number of carbonyl (C=O) groups excluding carboxylic acids is 1. The molecule has 3 N–H and O–H groups in total. The summed E-state index contributed by atoms with van der Waals surface area (Å²) in [5, 5.41) is 19.4. The maximum Gasteiger partial charge on any atom is 0.410 e. The summed E-state index contributed by atoms with van der Waals surface area (Å²) >= 11 is 0. The highest BCUT2D eigenvalue weighted by Crippen LogP contribution is 2.45. The number of rotatable bonds is 6. The van der Waals surface area contributed by atoms with Crippen LogP contribution in [0.2, 0.25) is 0 Å². The lowest BCUT2D eigenvalue weighted by Crippen LogP contribution is -2.36. The lowest BCUT2D eigenvalue weighted by atomic mass is 9.96. The largest absolute Gasteiger partial charge is 0.493 e. The minimum absolute atomic E-state index is 0.0353. The van der Waals surface area contributed by atoms with Gasteiger partial charge in [-0.05, 0) is 42.3 Å². The van der Waals surface area contributed by atoms with E-state index in [-0.39, 0.29) is 17.8 Å². The molecule has 0 saturated heterocycles. The number of hydrogen-bond acceptors (Lipinski definition) is 6. The van der Waals surface area contributed by atoms with E-state index in [9.17, 15) is 23.1 Å². The molecule has 3 atom stereocenters. The van der Waals surface area contributed by atoms with Gasteiger partial charge in [-0.2, -0.15) is 18.3 Å². The zero-order valence-electron chi connectivity index (χ0n) is 19.3. The Kier molecular flexibility index (Phi) is 6.62. The van der Waals surface area contributed by atoms with Gasteiger partial charge < -0.3 is 25.2 Å². The highest BCUT2D eigenvalue weighted by Gasteiger charge is 2.47. The molecule has 2 heterocycles. The van der Waals surface area contributed by atoms with E-state index in [1.54, 1.807) is 49.4 Å². The number of benzene rings is 2. The summed E-state index contributed by atoms with van der Waals surface area (Å²) < 4.78 is 53.3. The molecule has 1 aliphatic heterocycles. The number of nitrogens with zero attached hydrogens (tertiary/aromatic N) is 2. The molecule has 0 unspecified atom stereocenters. The van der Waals surface area contributed by atoms with Crippen molar-refractivity contribution in [2.45, 2.75) is 37.7 Å². The minimum atomic E-state index is -4.59. The van der Waals surface area contributed by atoms with Gasteiger partial charge in [-0.25, -0.2) is 4.68 Å². The van der Waals surface area contributed by atoms with E-state index in [1.807, 2.05) is 0 Å². The van der Waals surface area contributed by atoms with Gasteiger partial charge in [-0.1, -0.05) is 18.2 Å². The van der Waals surface area contributed by atoms with Crippen molar-refractivity contribution in [3.05, 3.63) is 65.4 Å². The Labute approximate surface area is 199 Å². The summed E-state index contributed by atoms with van der Waals surface area (Å²) in [5.74, 6) is 0.160. The van der Waals surface area contributed by atoms with Crippen LogP contribution in [0.15, 0.2) is 48.7 Å². The summed E-state index contributed by atoms with van der Waals surface area (Å²) in [5.41, 5.74) is 1.49. The van der Waals surface area contributed by atoms with Gasteiger partial charge in [0, 0.05) is 12.1 Å². The molecular formula is C24H25F3N4O4. The molecule has 1 amide bonds. The molecule has 186 valence electrons. The lowest BCUT2D eigenvalue weighted by Gasteiger charge is -2.34. The summed E-state index contributed by atoms with van der Waals surface area (Å²) in [6.45, 7) is 1.59. The fourth-order valence-electron chi connectivity index (χ4n) is 4.09. The number of amides is 1. The molecule has 0 radical (unpaired) electrons. The SMILES string of the molecule is COc1ccc([C@@H]2C[C@H](C(F)(F)F)n3ncc(C(=O)Nc4cccc([C@H](C)O)c4)c3N2)cc1OC. The fraction of sp³-hybridized carbons (Fsp3) is 0.333. The normalized spacial score (nSPS) is 18.3. The maximum atomic E-state index is 14.0. The van der Waals surface area contributed by atoms with Crippen LogP contribution < -0.4 is 20.1 Å². The Morgan fingerprint density at radius 2 is 1.94 bits per heavy atom. The Bertz CT molecular complexity index is 1230. The third kappa shape index (κ3) is 4.90. The second-order valence-electron chi connectivity index (χ2n) is 8.21. The fourth-order valence-corrected chi connectivity index (χ4v) is 4.09. The molecule has 1 aliphatic rings. The van der Waals surface area contributed by atoms with Crippen molar-refractivity contribution in [1.82, 2.24) is 9.78 Å². The first kappa shape index (κ1) is 24.4. The number of aliphatic hydroxyl groups excluding tert-OH is 1. The molecule has 0 aliphatic carbocycles. The molecule has 3 aromatic rings. The zero-order chi connectivity index (χ0) is 25.3. The molecular weight excluding hydrogens is 465 g/mol. The zero-order valence-corrected chi connectivity index (χ0v) is 19.3. The molecule has 0 bridgehead atoms. The Balaban J connectivity index is 1.68. The van der Waals surface area contributed by atoms with Crippen molar-refractivity contribution in [3.8, 4) is 11.5 Å². The van der Waals surface area contributed by atoms with Crippen LogP contribution >= 0.6 is 0 Å². The third-order valence-corrected chi connectivity index (χ3v) is 5.92. The number of nitrogens with one attached hydrogen (secondary N) is 2. The van der Waals surface area contributed by atoms with E-state index in [4.69, 9.17) is 9.47 Å². The van der Waals surface area contributed by atoms with Crippen molar-refractivity contribution < 1.29 is 32.5 Å². The van der Waals surface area contributed by atoms with E-state index in [0.29, 0.717) is 28.3 Å². The number of hydrogen-bond donors (Lipinski definition) is 3. The standard InChI is InChI=1S/C24H25F3N4O4/c1-13(32)14-5-4-6-16(9-14)29-23(33)17-12-28-31-21(24(25,26)27)11-18(30-22(17)31)15-7-8-19(34-2)20(10-15)35-3/h4-10,12-13,18,21,30,32H,11H2,1-3H3,(H,29,33)/t13-,18-,21+/m0/s1. The Morgan fingerprint density at radius 1 is 1.20 bits per heavy atom. The minimum Gasteiger partial charge on any atom is -0.493 e. The maximum absolute atomic E-state index is 14.0. The quantitative estimate of drug-likeness (QED) is 0.456. The second kappa shape index (κ2) is 9.49. The number of methoxy groups -OCH3 is 2. The van der Waals surface area contributed by atoms with Gasteiger partial charge in [0.05, 0.1) is 32.6 Å². The van der Waals surface area contributed by atoms with E-state index in [0.717, 1.165) is 10.9 Å². The van der Waals surface area contributed by atoms with Crippen LogP contribution in [0.4, 0.5) is 24.7 Å². The average molecular weight is 490 g/mol. The molecule has 2 aromatic carbocycles. The van der Waals surface area contributed by atoms with Gasteiger partial charge in [0.15, 0.2) is 17.5 Å². The summed E-state index contributed by atoms with van der Waals surface area (Å²) in [6.07, 6.45) is -4.54. The van der Waals surface area contributed by atoms with Gasteiger partial charge in [0.1, 0.15) is 11.4 Å². The summed E-state index contributed by atoms with van der Waals surface area (Å²) in [4.78, 5) is 13.0. The number of halogens is 3. The van der Waals surface area contributed by atoms with Gasteiger partial charge in [0.25, 0.3) is 5.91 Å². The van der Waals surface area contributed by atoms with Crippen LogP contribution in [-0.4, -0.2) is 41.2 Å². The predicted molar refractivity (Wildman–Crippen MR) is 123 cm³/mol. The van der Waals surface area contributed by atoms with E-state index >= 15 is 0 Å². The molecule has 35 heavy (non-hydrogen) atoms. The number of aromatic nitrogens is 2. The molecule has 4 rings (SSSR count). The van der Waals surface area contributed by atoms with Crippen molar-refractivity contribution in [2.24, 2.45) is 0 Å². The first-order valence-corrected chi connectivity index (χ1v) is 10.8. The first-order chi connectivity index (χ1) is 16.6. The Morgan fingerprint density at radius 3 is 2.60 bits per heavy atom. The first-order valence-electron chi connectivity index (χ1n) is 10.8. The van der Waals surface area contributed by atoms with Crippen molar-refractivity contribution in [1.29, 1.82) is 0 Å². The molecule has 1 aromatic heterocycles. The van der Waals surface area contributed by atoms with E-state index in [1.165, 1.54) is 14.2 Å². The van der Waals surface area contributed by atoms with Crippen LogP contribution in [0.5, 0.6) is 11.5 Å². The van der Waals surface area contributed by atoms with Crippen LogP contribution in [0.3, 0.4) is 0 Å². The molecule has 8 nitrogen and oxygen atoms in total. The summed E-state index contributed by atoms with van der Waals surface area (Å²) in [7, 11) is 2.91. The number of fused-ring (bicyclic) bond motifs is 1. The average Bonchev–Trinajstić information content (AvgIpc) is 3.26. The number of carbonyl (C=O) groups is 1. The third-order valence-electron chi connectivity index (χ3n) is 5.92. The number of alkyl halides is 3. The van der Waals surface area contributed by atoms with Gasteiger partial charge in [-0.15, -0.1) is 0 Å². The van der Waals surface area contributed by atoms with Gasteiger partial charge in [0.2, 0.25) is 0 Å². The predicted octanol–water partition coefficient (Wildman–Crippen LogP) is 4.87. The Hall–Kier alpha value is -3.73. The smallest absolute Gasteiger partial charge is 0.410 e. The van der Waals surface area contributed by atoms with Crippen LogP contribution in [-0.2, 0) is 0 Å². The molecule has 0 saturated carbocycles. The van der Waals surface area contributed by atoms with Crippen molar-refractivity contribution in [2.75, 3.05) is 24.9 Å². The van der Waals surface area contributed by atoms with Crippen molar-refractivity contribution in [3.63, 3.8) is 0 Å². The topological polar surface area (TPSA) is 97.6 Å². The molecule has 11 heteroatoms. The molecule has 0 spiro atoms.